The first-order valence-electron chi connectivity index (χ1n) is 10.9. The summed E-state index contributed by atoms with van der Waals surface area (Å²) in [4.78, 5) is 9.64. The first-order chi connectivity index (χ1) is 15.5. The van der Waals surface area contributed by atoms with Crippen molar-refractivity contribution >= 4 is 16.6 Å². The third kappa shape index (κ3) is 5.37. The predicted octanol–water partition coefficient (Wildman–Crippen LogP) is 2.38. The summed E-state index contributed by atoms with van der Waals surface area (Å²) in [6.45, 7) is 7.40. The molecule has 3 aromatic rings. The topological polar surface area (TPSA) is 132 Å². The molecule has 1 fully saturated rings. The average Bonchev–Trinajstić information content (AvgIpc) is 3.28. The molecule has 0 aliphatic carbocycles. The largest absolute Gasteiger partial charge is 0.418 e. The van der Waals surface area contributed by atoms with Gasteiger partial charge in [-0.3, -0.25) is 4.21 Å². The molecule has 9 nitrogen and oxygen atoms in total. The minimum absolute atomic E-state index is 0.0595. The van der Waals surface area contributed by atoms with Gasteiger partial charge in [-0.05, 0) is 50.5 Å². The number of anilines is 1. The maximum Gasteiger partial charge on any atom is 0.270 e. The van der Waals surface area contributed by atoms with Crippen LogP contribution >= 0.6 is 0 Å². The lowest BCUT2D eigenvalue weighted by Gasteiger charge is -2.22. The van der Waals surface area contributed by atoms with E-state index < -0.39 is 10.8 Å². The molecule has 2 aromatic heterocycles. The molecule has 1 aliphatic rings. The maximum absolute atomic E-state index is 12.3. The molecule has 4 N–H and O–H groups in total. The average molecular weight is 456 g/mol. The van der Waals surface area contributed by atoms with Crippen LogP contribution in [0.5, 0.6) is 0 Å². The molecule has 1 saturated heterocycles. The van der Waals surface area contributed by atoms with Crippen molar-refractivity contribution in [2.24, 2.45) is 5.92 Å². The van der Waals surface area contributed by atoms with Crippen molar-refractivity contribution in [1.82, 2.24) is 30.8 Å². The molecule has 1 aliphatic heterocycles. The molecule has 1 aromatic carbocycles. The first kappa shape index (κ1) is 22.5. The van der Waals surface area contributed by atoms with E-state index in [1.807, 2.05) is 38.1 Å². The van der Waals surface area contributed by atoms with E-state index in [0.29, 0.717) is 29.7 Å². The summed E-state index contributed by atoms with van der Waals surface area (Å²) >= 11 is 0. The summed E-state index contributed by atoms with van der Waals surface area (Å²) in [7, 11) is -1.04. The fourth-order valence-corrected chi connectivity index (χ4v) is 4.58. The van der Waals surface area contributed by atoms with E-state index in [0.717, 1.165) is 30.1 Å². The molecular weight excluding hydrogens is 426 g/mol. The third-order valence-electron chi connectivity index (χ3n) is 5.39. The molecule has 0 spiro atoms. The van der Waals surface area contributed by atoms with Crippen LogP contribution in [-0.4, -0.2) is 49.3 Å². The number of rotatable bonds is 8. The van der Waals surface area contributed by atoms with E-state index in [-0.39, 0.29) is 17.0 Å². The number of benzene rings is 1. The Kier molecular flexibility index (Phi) is 7.23. The summed E-state index contributed by atoms with van der Waals surface area (Å²) in [6.07, 6.45) is 4.04. The van der Waals surface area contributed by atoms with Crippen molar-refractivity contribution in [3.63, 3.8) is 0 Å². The quantitative estimate of drug-likeness (QED) is 0.468. The zero-order chi connectivity index (χ0) is 22.5. The molecule has 32 heavy (non-hydrogen) atoms. The second kappa shape index (κ2) is 10.3. The van der Waals surface area contributed by atoms with Gasteiger partial charge in [-0.1, -0.05) is 26.0 Å². The van der Waals surface area contributed by atoms with Crippen LogP contribution in [0, 0.1) is 5.92 Å². The fourth-order valence-electron chi connectivity index (χ4n) is 3.63. The van der Waals surface area contributed by atoms with Crippen LogP contribution in [0.2, 0.25) is 0 Å². The van der Waals surface area contributed by atoms with E-state index in [4.69, 9.17) is 10.2 Å². The van der Waals surface area contributed by atoms with Crippen molar-refractivity contribution in [3.05, 3.63) is 36.4 Å². The number of aromatic nitrogens is 4. The number of nitrogens with two attached hydrogens (primary N) is 1. The Balaban J connectivity index is 1.45. The van der Waals surface area contributed by atoms with Crippen LogP contribution in [-0.2, 0) is 17.3 Å². The Bertz CT molecular complexity index is 1060. The third-order valence-corrected chi connectivity index (χ3v) is 6.98. The molecule has 170 valence electrons. The monoisotopic (exact) mass is 455 g/mol. The number of hydrogen-bond acceptors (Lipinski definition) is 9. The highest BCUT2D eigenvalue weighted by atomic mass is 32.2. The zero-order valence-electron chi connectivity index (χ0n) is 18.4. The maximum atomic E-state index is 12.3. The van der Waals surface area contributed by atoms with E-state index in [1.54, 1.807) is 6.20 Å². The Morgan fingerprint density at radius 2 is 2.09 bits per heavy atom. The molecule has 0 saturated carbocycles. The van der Waals surface area contributed by atoms with Gasteiger partial charge in [0.05, 0.1) is 29.2 Å². The van der Waals surface area contributed by atoms with Gasteiger partial charge in [0.25, 0.3) is 5.89 Å². The standard InChI is InChI=1S/C22H29N7O2S/c1-14(2)32(30)17-7-5-16(6-8-17)18-12-26-21(23)20(27-18)22-29-28-19(31-22)13-25-11-15-4-3-9-24-10-15/h5-8,12,14-15,24-25H,3-4,9-11,13H2,1-2H3,(H2,23,26). The van der Waals surface area contributed by atoms with Gasteiger partial charge in [0.15, 0.2) is 11.5 Å². The molecule has 0 amide bonds. The minimum Gasteiger partial charge on any atom is -0.418 e. The van der Waals surface area contributed by atoms with E-state index in [9.17, 15) is 4.21 Å². The van der Waals surface area contributed by atoms with E-state index >= 15 is 0 Å². The van der Waals surface area contributed by atoms with Gasteiger partial charge >= 0.3 is 0 Å². The Morgan fingerprint density at radius 1 is 1.28 bits per heavy atom. The van der Waals surface area contributed by atoms with Crippen LogP contribution in [0.1, 0.15) is 32.6 Å². The van der Waals surface area contributed by atoms with E-state index in [1.165, 1.54) is 12.8 Å². The number of piperidine rings is 1. The van der Waals surface area contributed by atoms with Crippen LogP contribution in [0.4, 0.5) is 5.82 Å². The Morgan fingerprint density at radius 3 is 2.81 bits per heavy atom. The van der Waals surface area contributed by atoms with Crippen molar-refractivity contribution < 1.29 is 8.63 Å². The van der Waals surface area contributed by atoms with Crippen molar-refractivity contribution in [2.75, 3.05) is 25.4 Å². The van der Waals surface area contributed by atoms with Gasteiger partial charge in [0.2, 0.25) is 5.89 Å². The Labute approximate surface area is 190 Å². The van der Waals surface area contributed by atoms with Gasteiger partial charge in [0.1, 0.15) is 0 Å². The predicted molar refractivity (Wildman–Crippen MR) is 124 cm³/mol. The number of hydrogen-bond donors (Lipinski definition) is 3. The molecule has 0 bridgehead atoms. The van der Waals surface area contributed by atoms with Gasteiger partial charge in [-0.2, -0.15) is 0 Å². The molecule has 3 heterocycles. The molecule has 2 unspecified atom stereocenters. The van der Waals surface area contributed by atoms with Crippen molar-refractivity contribution in [3.8, 4) is 22.8 Å². The van der Waals surface area contributed by atoms with Gasteiger partial charge in [-0.25, -0.2) is 9.97 Å². The van der Waals surface area contributed by atoms with E-state index in [2.05, 4.69) is 30.8 Å². The van der Waals surface area contributed by atoms with Crippen LogP contribution < -0.4 is 16.4 Å². The summed E-state index contributed by atoms with van der Waals surface area (Å²) in [5.74, 6) is 1.57. The summed E-state index contributed by atoms with van der Waals surface area (Å²) in [6, 6.07) is 7.45. The first-order valence-corrected chi connectivity index (χ1v) is 12.1. The number of nitrogen functional groups attached to an aromatic ring is 1. The molecule has 10 heteroatoms. The fraction of sp³-hybridized carbons (Fsp3) is 0.455. The highest BCUT2D eigenvalue weighted by Gasteiger charge is 2.17. The number of nitrogens with zero attached hydrogens (tertiary/aromatic N) is 4. The zero-order valence-corrected chi connectivity index (χ0v) is 19.2. The lowest BCUT2D eigenvalue weighted by atomic mass is 10.00. The summed E-state index contributed by atoms with van der Waals surface area (Å²) < 4.78 is 18.1. The van der Waals surface area contributed by atoms with Gasteiger partial charge in [0, 0.05) is 15.7 Å². The lowest BCUT2D eigenvalue weighted by Crippen LogP contribution is -2.35. The van der Waals surface area contributed by atoms with Crippen molar-refractivity contribution in [1.29, 1.82) is 0 Å². The molecular formula is C22H29N7O2S. The van der Waals surface area contributed by atoms with Crippen molar-refractivity contribution in [2.45, 2.75) is 43.4 Å². The van der Waals surface area contributed by atoms with Crippen LogP contribution in [0.3, 0.4) is 0 Å². The Hall–Kier alpha value is -2.69. The van der Waals surface area contributed by atoms with Crippen LogP contribution in [0.15, 0.2) is 39.8 Å². The molecule has 0 radical (unpaired) electrons. The molecule has 2 atom stereocenters. The minimum atomic E-state index is -1.04. The normalized spacial score (nSPS) is 17.5. The summed E-state index contributed by atoms with van der Waals surface area (Å²) in [5.41, 5.74) is 7.86. The summed E-state index contributed by atoms with van der Waals surface area (Å²) in [5, 5.41) is 15.1. The lowest BCUT2D eigenvalue weighted by molar-refractivity contribution is 0.352. The number of nitrogens with one attached hydrogen (secondary N) is 2. The SMILES string of the molecule is CC(C)S(=O)c1ccc(-c2cnc(N)c(-c3nnc(CNCC4CCCNC4)o3)n2)cc1. The highest BCUT2D eigenvalue weighted by Crippen LogP contribution is 2.26. The molecule has 4 rings (SSSR count). The van der Waals surface area contributed by atoms with Gasteiger partial charge < -0.3 is 20.8 Å². The van der Waals surface area contributed by atoms with Gasteiger partial charge in [-0.15, -0.1) is 10.2 Å². The highest BCUT2D eigenvalue weighted by molar-refractivity contribution is 7.85. The van der Waals surface area contributed by atoms with Crippen LogP contribution in [0.25, 0.3) is 22.8 Å². The second-order valence-corrected chi connectivity index (χ2v) is 10.2. The smallest absolute Gasteiger partial charge is 0.270 e. The second-order valence-electron chi connectivity index (χ2n) is 8.20.